The van der Waals surface area contributed by atoms with Crippen molar-refractivity contribution in [3.8, 4) is 0 Å². The lowest BCUT2D eigenvalue weighted by Gasteiger charge is -2.36. The van der Waals surface area contributed by atoms with E-state index in [4.69, 9.17) is 4.74 Å². The Hall–Kier alpha value is -1.69. The third-order valence-electron chi connectivity index (χ3n) is 2.74. The topological polar surface area (TPSA) is 76.1 Å². The Labute approximate surface area is 106 Å². The summed E-state index contributed by atoms with van der Waals surface area (Å²) in [6.07, 6.45) is 5.31. The molecule has 1 aromatic heterocycles. The molecule has 98 valence electrons. The number of anilines is 1. The van der Waals surface area contributed by atoms with Crippen molar-refractivity contribution in [3.05, 3.63) is 18.5 Å². The van der Waals surface area contributed by atoms with E-state index in [0.717, 1.165) is 12.8 Å². The summed E-state index contributed by atoms with van der Waals surface area (Å²) < 4.78 is 5.63. The van der Waals surface area contributed by atoms with E-state index < -0.39 is 0 Å². The molecule has 0 atom stereocenters. The summed E-state index contributed by atoms with van der Waals surface area (Å²) in [5.74, 6) is 0. The Balaban J connectivity index is 1.68. The van der Waals surface area contributed by atoms with E-state index in [9.17, 15) is 4.79 Å². The maximum atomic E-state index is 11.6. The number of carbonyl (C=O) groups excluding carboxylic acids is 1. The first-order valence-electron chi connectivity index (χ1n) is 6.13. The normalized spacial score (nSPS) is 22.4. The summed E-state index contributed by atoms with van der Waals surface area (Å²) >= 11 is 0. The molecular formula is C12H18N4O2. The first kappa shape index (κ1) is 12.8. The largest absolute Gasteiger partial charge is 0.375 e. The molecule has 0 unspecified atom stereocenters. The van der Waals surface area contributed by atoms with E-state index in [1.165, 1.54) is 12.4 Å². The molecule has 0 saturated heterocycles. The van der Waals surface area contributed by atoms with Gasteiger partial charge in [-0.1, -0.05) is 0 Å². The number of carbonyl (C=O) groups is 1. The highest BCUT2D eigenvalue weighted by atomic mass is 16.5. The van der Waals surface area contributed by atoms with Crippen LogP contribution in [0.15, 0.2) is 18.5 Å². The number of amides is 2. The summed E-state index contributed by atoms with van der Waals surface area (Å²) in [5, 5.41) is 12.9. The fourth-order valence-corrected chi connectivity index (χ4v) is 1.90. The van der Waals surface area contributed by atoms with E-state index in [1.54, 1.807) is 6.07 Å². The van der Waals surface area contributed by atoms with Crippen molar-refractivity contribution >= 4 is 11.7 Å². The molecule has 1 aliphatic rings. The average Bonchev–Trinajstić information content (AvgIpc) is 2.27. The quantitative estimate of drug-likeness (QED) is 0.850. The van der Waals surface area contributed by atoms with Crippen LogP contribution in [0.1, 0.15) is 26.7 Å². The summed E-state index contributed by atoms with van der Waals surface area (Å²) in [6.45, 7) is 4.04. The highest BCUT2D eigenvalue weighted by molar-refractivity contribution is 5.89. The number of aromatic nitrogens is 2. The van der Waals surface area contributed by atoms with Crippen LogP contribution in [0, 0.1) is 0 Å². The zero-order chi connectivity index (χ0) is 13.0. The molecule has 0 aliphatic heterocycles. The number of hydrogen-bond acceptors (Lipinski definition) is 4. The number of ether oxygens (including phenoxy) is 1. The van der Waals surface area contributed by atoms with E-state index in [2.05, 4.69) is 20.8 Å². The van der Waals surface area contributed by atoms with Gasteiger partial charge in [-0.2, -0.15) is 10.2 Å². The fourth-order valence-electron chi connectivity index (χ4n) is 1.90. The smallest absolute Gasteiger partial charge is 0.319 e. The SMILES string of the molecule is CC(C)OC1CC(NC(=O)Nc2ccnnc2)C1. The zero-order valence-electron chi connectivity index (χ0n) is 10.6. The van der Waals surface area contributed by atoms with Gasteiger partial charge in [-0.05, 0) is 32.8 Å². The third kappa shape index (κ3) is 3.66. The highest BCUT2D eigenvalue weighted by Gasteiger charge is 2.31. The van der Waals surface area contributed by atoms with Crippen molar-refractivity contribution in [2.45, 2.75) is 44.9 Å². The van der Waals surface area contributed by atoms with Crippen LogP contribution >= 0.6 is 0 Å². The molecular weight excluding hydrogens is 232 g/mol. The van der Waals surface area contributed by atoms with Gasteiger partial charge in [0.25, 0.3) is 0 Å². The van der Waals surface area contributed by atoms with Gasteiger partial charge >= 0.3 is 6.03 Å². The fraction of sp³-hybridized carbons (Fsp3) is 0.583. The van der Waals surface area contributed by atoms with Crippen LogP contribution in [-0.2, 0) is 4.74 Å². The first-order chi connectivity index (χ1) is 8.63. The second-order valence-corrected chi connectivity index (χ2v) is 4.70. The molecule has 6 nitrogen and oxygen atoms in total. The van der Waals surface area contributed by atoms with Crippen molar-refractivity contribution in [2.24, 2.45) is 0 Å². The van der Waals surface area contributed by atoms with Crippen molar-refractivity contribution in [3.63, 3.8) is 0 Å². The standard InChI is InChI=1S/C12H18N4O2/c1-8(2)18-11-5-10(6-11)16-12(17)15-9-3-4-13-14-7-9/h3-4,7-8,10-11H,5-6H2,1-2H3,(H2,13,15,16,17). The zero-order valence-corrected chi connectivity index (χ0v) is 10.6. The van der Waals surface area contributed by atoms with Crippen LogP contribution in [0.3, 0.4) is 0 Å². The molecule has 2 rings (SSSR count). The van der Waals surface area contributed by atoms with Crippen LogP contribution in [0.4, 0.5) is 10.5 Å². The Bertz CT molecular complexity index is 390. The Morgan fingerprint density at radius 2 is 2.22 bits per heavy atom. The Morgan fingerprint density at radius 1 is 1.44 bits per heavy atom. The van der Waals surface area contributed by atoms with Crippen molar-refractivity contribution < 1.29 is 9.53 Å². The maximum absolute atomic E-state index is 11.6. The number of nitrogens with zero attached hydrogens (tertiary/aromatic N) is 2. The second kappa shape index (κ2) is 5.77. The second-order valence-electron chi connectivity index (χ2n) is 4.70. The van der Waals surface area contributed by atoms with Crippen LogP contribution in [0.2, 0.25) is 0 Å². The molecule has 2 amide bonds. The predicted molar refractivity (Wildman–Crippen MR) is 67.2 cm³/mol. The molecule has 1 saturated carbocycles. The number of urea groups is 1. The van der Waals surface area contributed by atoms with Gasteiger partial charge in [0.05, 0.1) is 30.3 Å². The molecule has 2 N–H and O–H groups in total. The number of rotatable bonds is 4. The molecule has 1 heterocycles. The van der Waals surface area contributed by atoms with E-state index in [0.29, 0.717) is 5.69 Å². The van der Waals surface area contributed by atoms with Crippen molar-refractivity contribution in [1.82, 2.24) is 15.5 Å². The minimum atomic E-state index is -0.212. The van der Waals surface area contributed by atoms with Crippen molar-refractivity contribution in [1.29, 1.82) is 0 Å². The van der Waals surface area contributed by atoms with Gasteiger partial charge in [0.2, 0.25) is 0 Å². The molecule has 1 aliphatic carbocycles. The van der Waals surface area contributed by atoms with Gasteiger partial charge in [0, 0.05) is 6.04 Å². The molecule has 0 bridgehead atoms. The highest BCUT2D eigenvalue weighted by Crippen LogP contribution is 2.24. The van der Waals surface area contributed by atoms with Crippen LogP contribution in [0.25, 0.3) is 0 Å². The Morgan fingerprint density at radius 3 is 2.83 bits per heavy atom. The minimum Gasteiger partial charge on any atom is -0.375 e. The van der Waals surface area contributed by atoms with Gasteiger partial charge in [-0.3, -0.25) is 0 Å². The maximum Gasteiger partial charge on any atom is 0.319 e. The number of hydrogen-bond donors (Lipinski definition) is 2. The first-order valence-corrected chi connectivity index (χ1v) is 6.13. The predicted octanol–water partition coefficient (Wildman–Crippen LogP) is 1.55. The summed E-state index contributed by atoms with van der Waals surface area (Å²) in [6, 6.07) is 1.68. The van der Waals surface area contributed by atoms with Gasteiger partial charge in [-0.25, -0.2) is 4.79 Å². The van der Waals surface area contributed by atoms with Crippen molar-refractivity contribution in [2.75, 3.05) is 5.32 Å². The lowest BCUT2D eigenvalue weighted by atomic mass is 9.89. The monoisotopic (exact) mass is 250 g/mol. The van der Waals surface area contributed by atoms with Gasteiger partial charge in [0.1, 0.15) is 0 Å². The average molecular weight is 250 g/mol. The van der Waals surface area contributed by atoms with E-state index >= 15 is 0 Å². The molecule has 0 aromatic carbocycles. The van der Waals surface area contributed by atoms with Crippen LogP contribution in [-0.4, -0.2) is 34.5 Å². The van der Waals surface area contributed by atoms with E-state index in [-0.39, 0.29) is 24.3 Å². The van der Waals surface area contributed by atoms with Gasteiger partial charge in [-0.15, -0.1) is 0 Å². The Kier molecular flexibility index (Phi) is 4.09. The van der Waals surface area contributed by atoms with Crippen LogP contribution < -0.4 is 10.6 Å². The lowest BCUT2D eigenvalue weighted by Crippen LogP contribution is -2.49. The molecule has 6 heteroatoms. The van der Waals surface area contributed by atoms with Crippen LogP contribution in [0.5, 0.6) is 0 Å². The summed E-state index contributed by atoms with van der Waals surface area (Å²) in [7, 11) is 0. The van der Waals surface area contributed by atoms with Gasteiger partial charge in [0.15, 0.2) is 0 Å². The molecule has 0 radical (unpaired) electrons. The molecule has 1 aromatic rings. The number of nitrogens with one attached hydrogen (secondary N) is 2. The third-order valence-corrected chi connectivity index (χ3v) is 2.74. The molecule has 1 fully saturated rings. The lowest BCUT2D eigenvalue weighted by molar-refractivity contribution is -0.0473. The van der Waals surface area contributed by atoms with E-state index in [1.807, 2.05) is 13.8 Å². The molecule has 18 heavy (non-hydrogen) atoms. The minimum absolute atomic E-state index is 0.198. The van der Waals surface area contributed by atoms with Gasteiger partial charge < -0.3 is 15.4 Å². The summed E-state index contributed by atoms with van der Waals surface area (Å²) in [5.41, 5.74) is 0.636. The molecule has 0 spiro atoms. The summed E-state index contributed by atoms with van der Waals surface area (Å²) in [4.78, 5) is 11.6.